The predicted molar refractivity (Wildman–Crippen MR) is 77.2 cm³/mol. The molecule has 2 rings (SSSR count). The van der Waals surface area contributed by atoms with Crippen molar-refractivity contribution in [1.82, 2.24) is 10.6 Å². The Bertz CT molecular complexity index is 596. The highest BCUT2D eigenvalue weighted by Crippen LogP contribution is 2.02. The van der Waals surface area contributed by atoms with E-state index in [1.165, 1.54) is 12.1 Å². The summed E-state index contributed by atoms with van der Waals surface area (Å²) in [4.78, 5) is 11.5. The first-order chi connectivity index (χ1) is 9.74. The van der Waals surface area contributed by atoms with Crippen molar-refractivity contribution < 1.29 is 9.18 Å². The summed E-state index contributed by atoms with van der Waals surface area (Å²) >= 11 is 0. The highest BCUT2D eigenvalue weighted by Gasteiger charge is 1.98. The van der Waals surface area contributed by atoms with Crippen LogP contribution in [0.15, 0.2) is 60.8 Å². The van der Waals surface area contributed by atoms with Crippen LogP contribution < -0.4 is 10.6 Å². The highest BCUT2D eigenvalue weighted by atomic mass is 19.1. The zero-order valence-electron chi connectivity index (χ0n) is 10.8. The number of benzene rings is 2. The molecule has 20 heavy (non-hydrogen) atoms. The number of urea groups is 1. The van der Waals surface area contributed by atoms with Gasteiger partial charge in [-0.25, -0.2) is 9.18 Å². The highest BCUT2D eigenvalue weighted by molar-refractivity contribution is 5.75. The van der Waals surface area contributed by atoms with E-state index in [9.17, 15) is 9.18 Å². The van der Waals surface area contributed by atoms with Crippen LogP contribution in [0.25, 0.3) is 6.08 Å². The van der Waals surface area contributed by atoms with Crippen LogP contribution in [-0.4, -0.2) is 6.03 Å². The van der Waals surface area contributed by atoms with Gasteiger partial charge in [-0.1, -0.05) is 42.5 Å². The predicted octanol–water partition coefficient (Wildman–Crippen LogP) is 3.30. The fourth-order valence-electron chi connectivity index (χ4n) is 1.66. The average Bonchev–Trinajstić information content (AvgIpc) is 2.46. The summed E-state index contributed by atoms with van der Waals surface area (Å²) in [6.07, 6.45) is 3.36. The summed E-state index contributed by atoms with van der Waals surface area (Å²) in [6, 6.07) is 15.4. The molecule has 0 radical (unpaired) electrons. The number of carbonyl (C=O) groups excluding carboxylic acids is 1. The van der Waals surface area contributed by atoms with Crippen LogP contribution in [0, 0.1) is 5.82 Å². The number of carbonyl (C=O) groups is 1. The van der Waals surface area contributed by atoms with Gasteiger partial charge in [0.15, 0.2) is 0 Å². The number of hydrogen-bond donors (Lipinski definition) is 2. The van der Waals surface area contributed by atoms with Crippen molar-refractivity contribution >= 4 is 12.1 Å². The fraction of sp³-hybridized carbons (Fsp3) is 0.0625. The molecular weight excluding hydrogens is 255 g/mol. The van der Waals surface area contributed by atoms with Crippen LogP contribution in [0.2, 0.25) is 0 Å². The van der Waals surface area contributed by atoms with Crippen molar-refractivity contribution in [3.63, 3.8) is 0 Å². The summed E-state index contributed by atoms with van der Waals surface area (Å²) in [5, 5.41) is 5.24. The molecule has 0 unspecified atom stereocenters. The monoisotopic (exact) mass is 270 g/mol. The largest absolute Gasteiger partial charge is 0.334 e. The van der Waals surface area contributed by atoms with Gasteiger partial charge in [-0.2, -0.15) is 0 Å². The quantitative estimate of drug-likeness (QED) is 0.879. The van der Waals surface area contributed by atoms with Crippen molar-refractivity contribution in [3.8, 4) is 0 Å². The van der Waals surface area contributed by atoms with Gasteiger partial charge in [0.2, 0.25) is 0 Å². The fourth-order valence-corrected chi connectivity index (χ4v) is 1.66. The average molecular weight is 270 g/mol. The van der Waals surface area contributed by atoms with E-state index in [-0.39, 0.29) is 18.4 Å². The maximum atomic E-state index is 12.9. The molecule has 0 saturated carbocycles. The van der Waals surface area contributed by atoms with Gasteiger partial charge >= 0.3 is 6.03 Å². The Morgan fingerprint density at radius 2 is 1.90 bits per heavy atom. The Labute approximate surface area is 117 Å². The van der Waals surface area contributed by atoms with E-state index in [1.807, 2.05) is 30.3 Å². The second-order valence-corrected chi connectivity index (χ2v) is 4.20. The first kappa shape index (κ1) is 13.8. The SMILES string of the molecule is O=C(N/C=C/c1ccccc1)NCc1cccc(F)c1. The maximum Gasteiger partial charge on any atom is 0.319 e. The van der Waals surface area contributed by atoms with Crippen molar-refractivity contribution in [3.05, 3.63) is 77.7 Å². The van der Waals surface area contributed by atoms with Crippen LogP contribution in [0.4, 0.5) is 9.18 Å². The third-order valence-electron chi connectivity index (χ3n) is 2.63. The molecule has 102 valence electrons. The van der Waals surface area contributed by atoms with Crippen molar-refractivity contribution in [1.29, 1.82) is 0 Å². The summed E-state index contributed by atoms with van der Waals surface area (Å²) in [5.74, 6) is -0.311. The van der Waals surface area contributed by atoms with E-state index in [1.54, 1.807) is 24.4 Å². The summed E-state index contributed by atoms with van der Waals surface area (Å²) in [7, 11) is 0. The van der Waals surface area contributed by atoms with Gasteiger partial charge in [-0.05, 0) is 29.3 Å². The number of halogens is 1. The summed E-state index contributed by atoms with van der Waals surface area (Å²) in [5.41, 5.74) is 1.71. The van der Waals surface area contributed by atoms with Crippen LogP contribution in [0.3, 0.4) is 0 Å². The summed E-state index contributed by atoms with van der Waals surface area (Å²) in [6.45, 7) is 0.281. The van der Waals surface area contributed by atoms with E-state index in [2.05, 4.69) is 10.6 Å². The number of amides is 2. The molecule has 0 aliphatic heterocycles. The molecule has 2 aromatic carbocycles. The first-order valence-electron chi connectivity index (χ1n) is 6.24. The molecule has 0 spiro atoms. The van der Waals surface area contributed by atoms with Crippen molar-refractivity contribution in [2.75, 3.05) is 0 Å². The molecule has 0 aliphatic carbocycles. The van der Waals surface area contributed by atoms with Gasteiger partial charge in [0.1, 0.15) is 5.82 Å². The maximum absolute atomic E-state index is 12.9. The third kappa shape index (κ3) is 4.57. The Hall–Kier alpha value is -2.62. The molecular formula is C16H15FN2O. The van der Waals surface area contributed by atoms with E-state index < -0.39 is 0 Å². The second-order valence-electron chi connectivity index (χ2n) is 4.20. The van der Waals surface area contributed by atoms with Gasteiger partial charge in [0.05, 0.1) is 0 Å². The molecule has 0 saturated heterocycles. The van der Waals surface area contributed by atoms with E-state index in [0.717, 1.165) is 5.56 Å². The molecule has 0 atom stereocenters. The van der Waals surface area contributed by atoms with Gasteiger partial charge in [0.25, 0.3) is 0 Å². The molecule has 0 fully saturated rings. The second kappa shape index (κ2) is 7.09. The van der Waals surface area contributed by atoms with Gasteiger partial charge in [-0.3, -0.25) is 0 Å². The van der Waals surface area contributed by atoms with E-state index in [0.29, 0.717) is 5.56 Å². The lowest BCUT2D eigenvalue weighted by molar-refractivity contribution is 0.244. The molecule has 4 heteroatoms. The first-order valence-corrected chi connectivity index (χ1v) is 6.24. The van der Waals surface area contributed by atoms with Crippen molar-refractivity contribution in [2.45, 2.75) is 6.54 Å². The number of nitrogens with one attached hydrogen (secondary N) is 2. The Morgan fingerprint density at radius 3 is 2.65 bits per heavy atom. The minimum absolute atomic E-state index is 0.281. The minimum Gasteiger partial charge on any atom is -0.334 e. The van der Waals surface area contributed by atoms with Gasteiger partial charge in [0, 0.05) is 12.7 Å². The topological polar surface area (TPSA) is 41.1 Å². The summed E-state index contributed by atoms with van der Waals surface area (Å²) < 4.78 is 12.9. The zero-order valence-corrected chi connectivity index (χ0v) is 10.8. The standard InChI is InChI=1S/C16H15FN2O/c17-15-8-4-7-14(11-15)12-19-16(20)18-10-9-13-5-2-1-3-6-13/h1-11H,12H2,(H2,18,19,20)/b10-9+. The lowest BCUT2D eigenvalue weighted by atomic mass is 10.2. The molecule has 3 nitrogen and oxygen atoms in total. The Balaban J connectivity index is 1.77. The molecule has 0 heterocycles. The molecule has 0 aromatic heterocycles. The van der Waals surface area contributed by atoms with Crippen molar-refractivity contribution in [2.24, 2.45) is 0 Å². The normalized spacial score (nSPS) is 10.4. The number of rotatable bonds is 4. The molecule has 0 aliphatic rings. The van der Waals surface area contributed by atoms with Gasteiger partial charge < -0.3 is 10.6 Å². The Kier molecular flexibility index (Phi) is 4.89. The zero-order chi connectivity index (χ0) is 14.2. The van der Waals surface area contributed by atoms with E-state index in [4.69, 9.17) is 0 Å². The molecule has 0 bridgehead atoms. The number of hydrogen-bond acceptors (Lipinski definition) is 1. The smallest absolute Gasteiger partial charge is 0.319 e. The van der Waals surface area contributed by atoms with Crippen LogP contribution in [0.5, 0.6) is 0 Å². The molecule has 2 amide bonds. The minimum atomic E-state index is -0.332. The third-order valence-corrected chi connectivity index (χ3v) is 2.63. The van der Waals surface area contributed by atoms with E-state index >= 15 is 0 Å². The Morgan fingerprint density at radius 1 is 1.10 bits per heavy atom. The molecule has 2 N–H and O–H groups in total. The van der Waals surface area contributed by atoms with Crippen LogP contribution in [0.1, 0.15) is 11.1 Å². The molecule has 2 aromatic rings. The van der Waals surface area contributed by atoms with Crippen LogP contribution in [-0.2, 0) is 6.54 Å². The lowest BCUT2D eigenvalue weighted by Crippen LogP contribution is -2.31. The van der Waals surface area contributed by atoms with Crippen LogP contribution >= 0.6 is 0 Å². The van der Waals surface area contributed by atoms with Gasteiger partial charge in [-0.15, -0.1) is 0 Å². The lowest BCUT2D eigenvalue weighted by Gasteiger charge is -2.04.